The molecule has 0 radical (unpaired) electrons. The summed E-state index contributed by atoms with van der Waals surface area (Å²) in [7, 11) is 0. The highest BCUT2D eigenvalue weighted by Gasteiger charge is 2.29. The molecule has 1 atom stereocenters. The Morgan fingerprint density at radius 2 is 1.59 bits per heavy atom. The molecule has 1 unspecified atom stereocenters. The maximum atomic E-state index is 13.4. The molecule has 170 valence electrons. The van der Waals surface area contributed by atoms with Gasteiger partial charge in [0.25, 0.3) is 0 Å². The van der Waals surface area contributed by atoms with Gasteiger partial charge < -0.3 is 14.2 Å². The Labute approximate surface area is 200 Å². The molecule has 1 amide bonds. The fraction of sp³-hybridized carbons (Fsp3) is 0.167. The topological polar surface area (TPSA) is 34.5 Å². The van der Waals surface area contributed by atoms with Crippen LogP contribution in [0.25, 0.3) is 6.08 Å². The smallest absolute Gasteiger partial charge is 0.247 e. The first-order valence-corrected chi connectivity index (χ1v) is 11.7. The predicted octanol–water partition coefficient (Wildman–Crippen LogP) is 6.10. The molecule has 4 nitrogen and oxygen atoms in total. The van der Waals surface area contributed by atoms with Crippen LogP contribution in [0, 0.1) is 0 Å². The van der Waals surface area contributed by atoms with Gasteiger partial charge in [0, 0.05) is 31.1 Å². The summed E-state index contributed by atoms with van der Waals surface area (Å²) in [5, 5.41) is 0. The summed E-state index contributed by atoms with van der Waals surface area (Å²) in [5.41, 5.74) is 4.37. The number of rotatable bonds is 6. The van der Waals surface area contributed by atoms with Crippen LogP contribution in [0.5, 0.6) is 5.75 Å². The van der Waals surface area contributed by atoms with Crippen LogP contribution in [-0.2, 0) is 17.9 Å². The Hall–Kier alpha value is -4.05. The van der Waals surface area contributed by atoms with E-state index in [2.05, 4.69) is 47.2 Å². The molecular weight excluding hydrogens is 420 g/mol. The molecule has 4 aromatic rings. The van der Waals surface area contributed by atoms with E-state index in [1.807, 2.05) is 71.6 Å². The third-order valence-corrected chi connectivity index (χ3v) is 6.20. The average Bonchev–Trinajstić information content (AvgIpc) is 3.27. The first-order chi connectivity index (χ1) is 16.8. The van der Waals surface area contributed by atoms with Gasteiger partial charge in [-0.3, -0.25) is 4.79 Å². The molecule has 0 fully saturated rings. The van der Waals surface area contributed by atoms with E-state index >= 15 is 0 Å². The normalized spacial score (nSPS) is 15.6. The van der Waals surface area contributed by atoms with E-state index in [0.717, 1.165) is 41.1 Å². The lowest BCUT2D eigenvalue weighted by Crippen LogP contribution is -2.34. The third kappa shape index (κ3) is 4.96. The highest BCUT2D eigenvalue weighted by molar-refractivity contribution is 5.92. The van der Waals surface area contributed by atoms with E-state index in [1.54, 1.807) is 6.08 Å². The van der Waals surface area contributed by atoms with Crippen LogP contribution in [0.15, 0.2) is 109 Å². The zero-order chi connectivity index (χ0) is 23.2. The summed E-state index contributed by atoms with van der Waals surface area (Å²) < 4.78 is 8.24. The van der Waals surface area contributed by atoms with Crippen molar-refractivity contribution in [2.24, 2.45) is 0 Å². The van der Waals surface area contributed by atoms with Crippen molar-refractivity contribution < 1.29 is 9.53 Å². The molecule has 2 heterocycles. The second kappa shape index (κ2) is 10.3. The molecule has 1 aliphatic rings. The Bertz CT molecular complexity index is 1240. The van der Waals surface area contributed by atoms with Crippen molar-refractivity contribution in [1.82, 2.24) is 9.47 Å². The number of amides is 1. The number of aryl methyl sites for hydroxylation is 1. The number of hydrogen-bond acceptors (Lipinski definition) is 2. The molecule has 4 heteroatoms. The number of nitrogens with zero attached hydrogens (tertiary/aromatic N) is 2. The number of hydrogen-bond donors (Lipinski definition) is 0. The van der Waals surface area contributed by atoms with E-state index in [4.69, 9.17) is 4.74 Å². The molecule has 3 aromatic carbocycles. The van der Waals surface area contributed by atoms with Gasteiger partial charge in [0.05, 0.1) is 6.04 Å². The number of benzene rings is 3. The molecule has 34 heavy (non-hydrogen) atoms. The van der Waals surface area contributed by atoms with Crippen molar-refractivity contribution in [2.45, 2.75) is 25.6 Å². The van der Waals surface area contributed by atoms with Gasteiger partial charge in [-0.25, -0.2) is 0 Å². The van der Waals surface area contributed by atoms with Crippen LogP contribution in [0.1, 0.15) is 34.8 Å². The van der Waals surface area contributed by atoms with Gasteiger partial charge in [0.1, 0.15) is 12.4 Å². The van der Waals surface area contributed by atoms with Gasteiger partial charge in [0.15, 0.2) is 0 Å². The highest BCUT2D eigenvalue weighted by Crippen LogP contribution is 2.33. The number of carbonyl (C=O) groups excluding carboxylic acids is 1. The number of ether oxygens (including phenoxy) is 1. The van der Waals surface area contributed by atoms with Crippen molar-refractivity contribution in [2.75, 3.05) is 6.54 Å². The van der Waals surface area contributed by atoms with Gasteiger partial charge in [-0.2, -0.15) is 0 Å². The first-order valence-electron chi connectivity index (χ1n) is 11.7. The van der Waals surface area contributed by atoms with Crippen molar-refractivity contribution in [3.05, 3.63) is 132 Å². The van der Waals surface area contributed by atoms with Gasteiger partial charge in [-0.05, 0) is 53.5 Å². The minimum absolute atomic E-state index is 0.0212. The molecule has 1 aromatic heterocycles. The van der Waals surface area contributed by atoms with E-state index < -0.39 is 0 Å². The molecule has 0 saturated carbocycles. The standard InChI is InChI=1S/C30H28N2O2/c33-29(19-14-24-9-3-1-4-10-24)32-22-8-21-31-20-7-13-28(31)30(32)26-15-17-27(18-16-26)34-23-25-11-5-2-6-12-25/h1-7,9-20,30H,8,21-23H2/b19-14+. The Kier molecular flexibility index (Phi) is 6.57. The van der Waals surface area contributed by atoms with Gasteiger partial charge in [0.2, 0.25) is 5.91 Å². The van der Waals surface area contributed by atoms with Gasteiger partial charge >= 0.3 is 0 Å². The lowest BCUT2D eigenvalue weighted by molar-refractivity contribution is -0.127. The van der Waals surface area contributed by atoms with Crippen LogP contribution >= 0.6 is 0 Å². The minimum atomic E-state index is -0.145. The zero-order valence-electron chi connectivity index (χ0n) is 19.1. The molecular formula is C30H28N2O2. The fourth-order valence-electron chi connectivity index (χ4n) is 4.48. The maximum Gasteiger partial charge on any atom is 0.247 e. The number of fused-ring (bicyclic) bond motifs is 1. The monoisotopic (exact) mass is 448 g/mol. The fourth-order valence-corrected chi connectivity index (χ4v) is 4.48. The Morgan fingerprint density at radius 3 is 2.35 bits per heavy atom. The predicted molar refractivity (Wildman–Crippen MR) is 135 cm³/mol. The first kappa shape index (κ1) is 21.8. The number of carbonyl (C=O) groups is 1. The second-order valence-electron chi connectivity index (χ2n) is 8.50. The lowest BCUT2D eigenvalue weighted by Gasteiger charge is -2.30. The van der Waals surface area contributed by atoms with Crippen molar-refractivity contribution >= 4 is 12.0 Å². The minimum Gasteiger partial charge on any atom is -0.489 e. The van der Waals surface area contributed by atoms with Gasteiger partial charge in [-0.1, -0.05) is 72.8 Å². The molecule has 0 bridgehead atoms. The summed E-state index contributed by atoms with van der Waals surface area (Å²) in [5.74, 6) is 0.839. The summed E-state index contributed by atoms with van der Waals surface area (Å²) in [6.07, 6.45) is 6.61. The van der Waals surface area contributed by atoms with E-state index in [0.29, 0.717) is 13.2 Å². The molecule has 0 N–H and O–H groups in total. The van der Waals surface area contributed by atoms with Crippen LogP contribution in [0.2, 0.25) is 0 Å². The summed E-state index contributed by atoms with van der Waals surface area (Å²) >= 11 is 0. The van der Waals surface area contributed by atoms with E-state index in [-0.39, 0.29) is 11.9 Å². The third-order valence-electron chi connectivity index (χ3n) is 6.20. The SMILES string of the molecule is O=C(/C=C/c1ccccc1)N1CCCn2cccc2C1c1ccc(OCc2ccccc2)cc1. The van der Waals surface area contributed by atoms with E-state index in [9.17, 15) is 4.79 Å². The largest absolute Gasteiger partial charge is 0.489 e. The Balaban J connectivity index is 1.39. The number of aromatic nitrogens is 1. The van der Waals surface area contributed by atoms with Crippen LogP contribution in [-0.4, -0.2) is 21.9 Å². The van der Waals surface area contributed by atoms with Crippen LogP contribution < -0.4 is 4.74 Å². The zero-order valence-corrected chi connectivity index (χ0v) is 19.1. The maximum absolute atomic E-state index is 13.4. The van der Waals surface area contributed by atoms with Crippen LogP contribution in [0.3, 0.4) is 0 Å². The molecule has 0 spiro atoms. The molecule has 5 rings (SSSR count). The average molecular weight is 449 g/mol. The summed E-state index contributed by atoms with van der Waals surface area (Å²) in [4.78, 5) is 15.4. The van der Waals surface area contributed by atoms with Gasteiger partial charge in [-0.15, -0.1) is 0 Å². The second-order valence-corrected chi connectivity index (χ2v) is 8.50. The van der Waals surface area contributed by atoms with Crippen molar-refractivity contribution in [1.29, 1.82) is 0 Å². The molecule has 0 aliphatic carbocycles. The Morgan fingerprint density at radius 1 is 0.853 bits per heavy atom. The van der Waals surface area contributed by atoms with Crippen molar-refractivity contribution in [3.8, 4) is 5.75 Å². The lowest BCUT2D eigenvalue weighted by atomic mass is 10.0. The quantitative estimate of drug-likeness (QED) is 0.334. The molecule has 0 saturated heterocycles. The molecule has 1 aliphatic heterocycles. The highest BCUT2D eigenvalue weighted by atomic mass is 16.5. The summed E-state index contributed by atoms with van der Waals surface area (Å²) in [6, 6.07) is 32.3. The summed E-state index contributed by atoms with van der Waals surface area (Å²) in [6.45, 7) is 2.14. The van der Waals surface area contributed by atoms with Crippen molar-refractivity contribution in [3.63, 3.8) is 0 Å². The van der Waals surface area contributed by atoms with E-state index in [1.165, 1.54) is 0 Å². The van der Waals surface area contributed by atoms with Crippen LogP contribution in [0.4, 0.5) is 0 Å².